The van der Waals surface area contributed by atoms with Crippen LogP contribution >= 0.6 is 0 Å². The number of ether oxygens (including phenoxy) is 4. The Morgan fingerprint density at radius 3 is 1.24 bits per heavy atom. The molecule has 31 nitrogen and oxygen atoms in total. The number of carbonyl (C=O) groups excluding carboxylic acids is 8. The number of nitrogens with one attached hydrogen (secondary N) is 5. The number of aromatic nitrogens is 12. The number of primary amides is 1. The standard InChI is InChI=1S/C16H12N4O3.C14H10FN3O3.C14H11N3O4.C9H7NO.C7H5FO.C7H9N3O3.C7H6O2/c21-9-23-8-10-6-14-16(22)18-15(19-20(14)7-10)12-2-1-3-13-11(12)4-5-17-13;15-11-4-2-1-3-10(11)13-16-14(20)12-5-9(7-21-8-19)6-18(12)17-13;18-8-21-7-9-5-11-14(20)15-13(16-17(11)6-9)10-3-1-2-4-12(10)19;11-6-7-2-1-3-9-8(7)4-5-10-9;8-7-4-2-1-3-6(7)5-9;8-7(12)6-1-5(2-10(6)9)3-13-4-11;8-5-6-3-1-2-4-7(6)9/h1-7,9,17H,8H2,(H,18,19,22);1-6,8H,7H2,(H,16,17,20);1-6,8,19H,7H2,(H,15,16,20);1-6,10H;1-5H;1-2,4H,3,9H2,(H2,8,12);1-5,9H. The summed E-state index contributed by atoms with van der Waals surface area (Å²) >= 11 is 0. The van der Waals surface area contributed by atoms with Gasteiger partial charge in [0.15, 0.2) is 36.3 Å². The van der Waals surface area contributed by atoms with Crippen LogP contribution in [0.15, 0.2) is 221 Å². The van der Waals surface area contributed by atoms with Crippen LogP contribution in [0.25, 0.3) is 72.5 Å². The summed E-state index contributed by atoms with van der Waals surface area (Å²) in [6.07, 6.45) is 11.9. The van der Waals surface area contributed by atoms with Crippen molar-refractivity contribution in [1.82, 2.24) is 58.4 Å². The number of amides is 1. The number of phenols is 2. The van der Waals surface area contributed by atoms with Gasteiger partial charge in [-0.1, -0.05) is 72.8 Å². The van der Waals surface area contributed by atoms with E-state index in [9.17, 15) is 66.6 Å². The van der Waals surface area contributed by atoms with E-state index in [-0.39, 0.29) is 77.5 Å². The third kappa shape index (κ3) is 19.6. The monoisotopic (exact) mass is 1450 g/mol. The molecule has 11 N–H and O–H groups in total. The lowest BCUT2D eigenvalue weighted by Gasteiger charge is -2.03. The summed E-state index contributed by atoms with van der Waals surface area (Å²) in [5.41, 5.74) is 12.4. The largest absolute Gasteiger partial charge is 0.507 e. The fraction of sp³-hybridized carbons (Fsp3) is 0.0541. The van der Waals surface area contributed by atoms with Crippen LogP contribution in [0.2, 0.25) is 0 Å². The van der Waals surface area contributed by atoms with Gasteiger partial charge in [0.2, 0.25) is 0 Å². The van der Waals surface area contributed by atoms with Crippen LogP contribution in [0.3, 0.4) is 0 Å². The molecular formula is C74H60F2N14O17. The SMILES string of the molecule is NC(=O)c1cc(COC=O)cn1N.O=COCc1cc2c(=O)[nH]c(-c3cccc4[nH]ccc34)nn2c1.O=COCc1cc2c(=O)[nH]c(-c3ccccc3F)nn2c1.O=COCc1cc2c(=O)[nH]c(-c3ccccc3O)nn2c1.O=Cc1cccc2[nH]ccc12.O=Cc1ccccc1F.O=Cc1ccccc1O. The number of rotatable bonds is 19. The van der Waals surface area contributed by atoms with E-state index < -0.39 is 23.1 Å². The molecule has 0 aliphatic carbocycles. The number of H-pyrrole nitrogens is 5. The number of para-hydroxylation sites is 2. The van der Waals surface area contributed by atoms with Gasteiger partial charge in [-0.25, -0.2) is 22.3 Å². The summed E-state index contributed by atoms with van der Waals surface area (Å²) in [6, 6.07) is 46.3. The Balaban J connectivity index is 0.000000149. The second kappa shape index (κ2) is 36.8. The lowest BCUT2D eigenvalue weighted by atomic mass is 10.1. The highest BCUT2D eigenvalue weighted by molar-refractivity contribution is 5.97. The van der Waals surface area contributed by atoms with Gasteiger partial charge in [-0.05, 0) is 97.1 Å². The van der Waals surface area contributed by atoms with Gasteiger partial charge in [-0.2, -0.15) is 0 Å². The molecular weight excluding hydrogens is 1390 g/mol. The second-order valence-corrected chi connectivity index (χ2v) is 22.0. The number of aldehydes is 3. The first-order chi connectivity index (χ1) is 51.9. The van der Waals surface area contributed by atoms with Crippen molar-refractivity contribution in [3.8, 4) is 45.7 Å². The minimum Gasteiger partial charge on any atom is -0.507 e. The number of nitrogens with zero attached hydrogens (tertiary/aromatic N) is 7. The predicted octanol–water partition coefficient (Wildman–Crippen LogP) is 8.21. The van der Waals surface area contributed by atoms with Gasteiger partial charge in [-0.15, -0.1) is 15.3 Å². The van der Waals surface area contributed by atoms with Crippen molar-refractivity contribution in [2.75, 3.05) is 5.84 Å². The molecule has 0 fully saturated rings. The quantitative estimate of drug-likeness (QED) is 0.0209. The molecule has 0 aliphatic rings. The number of hydrogen-bond donors (Lipinski definition) is 9. The Bertz CT molecular complexity index is 5650. The lowest BCUT2D eigenvalue weighted by molar-refractivity contribution is -0.130. The van der Waals surface area contributed by atoms with Crippen molar-refractivity contribution in [3.05, 3.63) is 294 Å². The third-order valence-electron chi connectivity index (χ3n) is 15.0. The van der Waals surface area contributed by atoms with E-state index in [4.69, 9.17) is 21.4 Å². The van der Waals surface area contributed by atoms with Gasteiger partial charge < -0.3 is 65.7 Å². The summed E-state index contributed by atoms with van der Waals surface area (Å²) in [4.78, 5) is 132. The van der Waals surface area contributed by atoms with Crippen LogP contribution in [-0.4, -0.2) is 119 Å². The van der Waals surface area contributed by atoms with E-state index in [1.54, 1.807) is 97.5 Å². The van der Waals surface area contributed by atoms with Crippen LogP contribution in [0.5, 0.6) is 11.5 Å². The molecule has 0 bridgehead atoms. The number of hydrogen-bond acceptors (Lipinski definition) is 21. The lowest BCUT2D eigenvalue weighted by Crippen LogP contribution is -2.20. The Hall–Kier alpha value is -15.4. The predicted molar refractivity (Wildman–Crippen MR) is 383 cm³/mol. The molecule has 542 valence electrons. The minimum absolute atomic E-state index is 0.0247. The van der Waals surface area contributed by atoms with Gasteiger partial charge in [-0.3, -0.25) is 57.4 Å². The fourth-order valence-corrected chi connectivity index (χ4v) is 10.1. The molecule has 6 aromatic carbocycles. The van der Waals surface area contributed by atoms with Gasteiger partial charge in [0.05, 0.1) is 22.3 Å². The van der Waals surface area contributed by atoms with Crippen LogP contribution in [-0.2, 0) is 64.6 Å². The highest BCUT2D eigenvalue weighted by Gasteiger charge is 2.16. The molecule has 15 aromatic rings. The first-order valence-electron chi connectivity index (χ1n) is 31.2. The summed E-state index contributed by atoms with van der Waals surface area (Å²) in [6.45, 7) is 1.65. The molecule has 9 heterocycles. The summed E-state index contributed by atoms with van der Waals surface area (Å²) in [7, 11) is 0. The number of aromatic hydroxyl groups is 2. The van der Waals surface area contributed by atoms with Crippen molar-refractivity contribution in [2.45, 2.75) is 26.4 Å². The van der Waals surface area contributed by atoms with Crippen molar-refractivity contribution in [1.29, 1.82) is 0 Å². The number of phenolic OH excluding ortho intramolecular Hbond substituents is 2. The number of benzene rings is 6. The Labute approximate surface area is 599 Å². The average molecular weight is 1460 g/mol. The van der Waals surface area contributed by atoms with E-state index in [0.717, 1.165) is 43.9 Å². The average Bonchev–Trinajstić information content (AvgIpc) is 1.66. The Morgan fingerprint density at radius 2 is 0.813 bits per heavy atom. The van der Waals surface area contributed by atoms with E-state index in [1.807, 2.05) is 60.9 Å². The molecule has 0 atom stereocenters. The molecule has 0 radical (unpaired) electrons. The third-order valence-corrected chi connectivity index (χ3v) is 15.0. The molecule has 0 aliphatic heterocycles. The number of nitrogen functional groups attached to an aromatic ring is 1. The zero-order valence-corrected chi connectivity index (χ0v) is 55.6. The Kier molecular flexibility index (Phi) is 26.0. The van der Waals surface area contributed by atoms with Crippen LogP contribution in [0.1, 0.15) is 63.8 Å². The topological polar surface area (TPSA) is 453 Å². The first-order valence-corrected chi connectivity index (χ1v) is 31.2. The zero-order chi connectivity index (χ0) is 76.4. The molecule has 1 amide bonds. The van der Waals surface area contributed by atoms with Crippen molar-refractivity contribution in [3.63, 3.8) is 0 Å². The number of nitrogens with two attached hydrogens (primary N) is 2. The second-order valence-electron chi connectivity index (χ2n) is 22.0. The van der Waals surface area contributed by atoms with E-state index >= 15 is 0 Å². The first kappa shape index (κ1) is 75.8. The van der Waals surface area contributed by atoms with E-state index in [0.29, 0.717) is 94.2 Å². The Morgan fingerprint density at radius 1 is 0.430 bits per heavy atom. The molecule has 0 unspecified atom stereocenters. The van der Waals surface area contributed by atoms with Gasteiger partial charge >= 0.3 is 0 Å². The minimum atomic E-state index is -0.625. The molecule has 9 aromatic heterocycles. The van der Waals surface area contributed by atoms with Crippen molar-refractivity contribution >= 4 is 89.0 Å². The maximum Gasteiger partial charge on any atom is 0.293 e. The molecule has 0 saturated carbocycles. The number of aromatic amines is 5. The van der Waals surface area contributed by atoms with E-state index in [1.165, 1.54) is 62.2 Å². The smallest absolute Gasteiger partial charge is 0.293 e. The highest BCUT2D eigenvalue weighted by atomic mass is 19.1. The normalized spacial score (nSPS) is 10.3. The maximum atomic E-state index is 13.7. The fourth-order valence-electron chi connectivity index (χ4n) is 10.1. The van der Waals surface area contributed by atoms with Crippen molar-refractivity contribution < 1.29 is 76.3 Å². The highest BCUT2D eigenvalue weighted by Crippen LogP contribution is 2.27. The maximum absolute atomic E-state index is 13.7. The van der Waals surface area contributed by atoms with E-state index in [2.05, 4.69) is 54.4 Å². The zero-order valence-electron chi connectivity index (χ0n) is 55.6. The van der Waals surface area contributed by atoms with Crippen LogP contribution < -0.4 is 28.3 Å². The molecule has 0 saturated heterocycles. The van der Waals surface area contributed by atoms with Gasteiger partial charge in [0.1, 0.15) is 71.8 Å². The van der Waals surface area contributed by atoms with Gasteiger partial charge in [0, 0.05) is 92.4 Å². The summed E-state index contributed by atoms with van der Waals surface area (Å²) in [5, 5.41) is 33.6. The van der Waals surface area contributed by atoms with Crippen molar-refractivity contribution in [2.24, 2.45) is 5.73 Å². The number of halogens is 2. The number of carbonyl (C=O) groups is 8. The van der Waals surface area contributed by atoms with Crippen LogP contribution in [0.4, 0.5) is 8.78 Å². The molecule has 0 spiro atoms. The van der Waals surface area contributed by atoms with Gasteiger partial charge in [0.25, 0.3) is 48.5 Å². The number of fused-ring (bicyclic) bond motifs is 5. The molecule has 33 heteroatoms. The summed E-state index contributed by atoms with van der Waals surface area (Å²) < 4.78 is 49.9. The van der Waals surface area contributed by atoms with Crippen LogP contribution in [0, 0.1) is 11.6 Å². The summed E-state index contributed by atoms with van der Waals surface area (Å²) in [5.74, 6) is 4.74. The molecule has 15 rings (SSSR count). The molecule has 107 heavy (non-hydrogen) atoms.